The van der Waals surface area contributed by atoms with Crippen molar-refractivity contribution >= 4 is 21.6 Å². The molecule has 0 saturated heterocycles. The molecule has 141 valence electrons. The van der Waals surface area contributed by atoms with Gasteiger partial charge in [0.1, 0.15) is 6.33 Å². The maximum atomic E-state index is 4.60. The van der Waals surface area contributed by atoms with Gasteiger partial charge in [0.25, 0.3) is 0 Å². The van der Waals surface area contributed by atoms with Gasteiger partial charge in [0.15, 0.2) is 0 Å². The molecule has 0 N–H and O–H groups in total. The zero-order valence-corrected chi connectivity index (χ0v) is 18.9. The van der Waals surface area contributed by atoms with E-state index in [9.17, 15) is 0 Å². The zero-order valence-electron chi connectivity index (χ0n) is 15.7. The Morgan fingerprint density at radius 2 is 1.70 bits per heavy atom. The number of para-hydroxylation sites is 1. The summed E-state index contributed by atoms with van der Waals surface area (Å²) in [5, 5.41) is 4.60. The van der Waals surface area contributed by atoms with Gasteiger partial charge in [-0.1, -0.05) is 51.5 Å². The topological polar surface area (TPSA) is 43.6 Å². The average molecular weight is 554 g/mol. The zero-order chi connectivity index (χ0) is 18.3. The van der Waals surface area contributed by atoms with Crippen molar-refractivity contribution in [3.05, 3.63) is 59.4 Å². The van der Waals surface area contributed by atoms with Crippen LogP contribution in [0.1, 0.15) is 50.7 Å². The molecule has 0 aliphatic heterocycles. The van der Waals surface area contributed by atoms with Crippen molar-refractivity contribution in [2.24, 2.45) is 0 Å². The Bertz CT molecular complexity index is 1040. The van der Waals surface area contributed by atoms with Crippen LogP contribution in [0.2, 0.25) is 0 Å². The number of nitrogens with zero attached hydrogens (tertiary/aromatic N) is 4. The first-order valence-corrected chi connectivity index (χ1v) is 9.73. The molecule has 2 aromatic carbocycles. The molecule has 0 saturated carbocycles. The van der Waals surface area contributed by atoms with Gasteiger partial charge in [-0.2, -0.15) is 5.10 Å². The van der Waals surface area contributed by atoms with E-state index in [0.717, 1.165) is 27.3 Å². The average Bonchev–Trinajstić information content (AvgIpc) is 3.29. The van der Waals surface area contributed by atoms with Gasteiger partial charge in [0, 0.05) is 25.6 Å². The molecule has 0 spiro atoms. The standard InChI is InChI=1S/C21H21N4S.Ir/c1-13(2)15-7-5-8-16(14(3)4)20(15)25-21(22-11-24-25)17-9-6-10-18-19(17)23-12-26-18;/h5-8,10-14H,1-4H3;/q-1;. The van der Waals surface area contributed by atoms with E-state index in [1.807, 2.05) is 22.3 Å². The van der Waals surface area contributed by atoms with Crippen LogP contribution in [0.25, 0.3) is 27.3 Å². The molecule has 0 amide bonds. The fourth-order valence-electron chi connectivity index (χ4n) is 3.33. The molecule has 4 nitrogen and oxygen atoms in total. The van der Waals surface area contributed by atoms with E-state index in [0.29, 0.717) is 11.8 Å². The van der Waals surface area contributed by atoms with E-state index in [-0.39, 0.29) is 20.1 Å². The van der Waals surface area contributed by atoms with Gasteiger partial charge < -0.3 is 0 Å². The first kappa shape index (κ1) is 19.9. The van der Waals surface area contributed by atoms with E-state index in [4.69, 9.17) is 0 Å². The van der Waals surface area contributed by atoms with Gasteiger partial charge in [-0.3, -0.25) is 14.6 Å². The van der Waals surface area contributed by atoms with Crippen molar-refractivity contribution in [3.8, 4) is 17.1 Å². The van der Waals surface area contributed by atoms with E-state index in [1.54, 1.807) is 17.7 Å². The third-order valence-corrected chi connectivity index (χ3v) is 5.41. The van der Waals surface area contributed by atoms with Crippen LogP contribution in [0.15, 0.2) is 42.2 Å². The molecule has 27 heavy (non-hydrogen) atoms. The summed E-state index contributed by atoms with van der Waals surface area (Å²) in [4.78, 5) is 9.11. The maximum Gasteiger partial charge on any atom is 0.127 e. The molecule has 2 aromatic heterocycles. The molecule has 0 bridgehead atoms. The molecule has 0 atom stereocenters. The minimum atomic E-state index is 0. The number of benzene rings is 2. The van der Waals surface area contributed by atoms with Gasteiger partial charge in [-0.25, -0.2) is 0 Å². The van der Waals surface area contributed by atoms with Gasteiger partial charge in [-0.15, -0.1) is 29.5 Å². The molecule has 4 aromatic rings. The van der Waals surface area contributed by atoms with Crippen LogP contribution in [-0.4, -0.2) is 19.7 Å². The Balaban J connectivity index is 0.00000210. The van der Waals surface area contributed by atoms with Gasteiger partial charge in [-0.05, 0) is 27.7 Å². The second kappa shape index (κ2) is 8.01. The number of thiazole rings is 1. The maximum absolute atomic E-state index is 4.60. The van der Waals surface area contributed by atoms with Crippen molar-refractivity contribution in [2.45, 2.75) is 39.5 Å². The molecule has 1 radical (unpaired) electrons. The largest absolute Gasteiger partial charge is 0.293 e. The van der Waals surface area contributed by atoms with Crippen LogP contribution >= 0.6 is 11.3 Å². The second-order valence-corrected chi connectivity index (χ2v) is 7.89. The van der Waals surface area contributed by atoms with E-state index in [1.165, 1.54) is 11.1 Å². The number of hydrogen-bond donors (Lipinski definition) is 0. The normalized spacial score (nSPS) is 11.3. The number of aromatic nitrogens is 4. The molecule has 0 fully saturated rings. The van der Waals surface area contributed by atoms with Crippen molar-refractivity contribution in [1.82, 2.24) is 19.7 Å². The van der Waals surface area contributed by atoms with Gasteiger partial charge in [0.05, 0.1) is 17.0 Å². The smallest absolute Gasteiger partial charge is 0.127 e. The number of hydrogen-bond acceptors (Lipinski definition) is 4. The van der Waals surface area contributed by atoms with Crippen LogP contribution in [0.5, 0.6) is 0 Å². The predicted octanol–water partition coefficient (Wildman–Crippen LogP) is 5.59. The van der Waals surface area contributed by atoms with Crippen LogP contribution in [0, 0.1) is 6.07 Å². The summed E-state index contributed by atoms with van der Waals surface area (Å²) in [6, 6.07) is 13.8. The first-order valence-electron chi connectivity index (χ1n) is 8.85. The minimum Gasteiger partial charge on any atom is -0.293 e. The Kier molecular flexibility index (Phi) is 5.89. The SMILES string of the molecule is CC(C)c1cccc(C(C)C)c1-n1ncnc1-c1[c-]ccc2scnc12.[Ir]. The van der Waals surface area contributed by atoms with E-state index < -0.39 is 0 Å². The fourth-order valence-corrected chi connectivity index (χ4v) is 4.02. The Labute approximate surface area is 177 Å². The van der Waals surface area contributed by atoms with Gasteiger partial charge in [0.2, 0.25) is 0 Å². The quantitative estimate of drug-likeness (QED) is 0.310. The fraction of sp³-hybridized carbons (Fsp3) is 0.286. The summed E-state index contributed by atoms with van der Waals surface area (Å²) in [6.07, 6.45) is 1.62. The third kappa shape index (κ3) is 3.49. The monoisotopic (exact) mass is 554 g/mol. The number of fused-ring (bicyclic) bond motifs is 1. The number of rotatable bonds is 4. The third-order valence-electron chi connectivity index (χ3n) is 4.62. The summed E-state index contributed by atoms with van der Waals surface area (Å²) in [5.74, 6) is 1.57. The Hall–Kier alpha value is -1.88. The molecule has 0 unspecified atom stereocenters. The van der Waals surface area contributed by atoms with E-state index >= 15 is 0 Å². The molecule has 4 rings (SSSR count). The van der Waals surface area contributed by atoms with Crippen molar-refractivity contribution in [3.63, 3.8) is 0 Å². The second-order valence-electron chi connectivity index (χ2n) is 7.01. The molecule has 0 aliphatic rings. The predicted molar refractivity (Wildman–Crippen MR) is 107 cm³/mol. The summed E-state index contributed by atoms with van der Waals surface area (Å²) < 4.78 is 3.10. The molecular formula is C21H21IrN4S-. The van der Waals surface area contributed by atoms with Crippen molar-refractivity contribution < 1.29 is 20.1 Å². The molecule has 0 aliphatic carbocycles. The summed E-state index contributed by atoms with van der Waals surface area (Å²) >= 11 is 1.63. The van der Waals surface area contributed by atoms with Crippen LogP contribution in [0.3, 0.4) is 0 Å². The van der Waals surface area contributed by atoms with Crippen LogP contribution in [0.4, 0.5) is 0 Å². The van der Waals surface area contributed by atoms with Crippen LogP contribution in [-0.2, 0) is 20.1 Å². The molecule has 2 heterocycles. The first-order chi connectivity index (χ1) is 12.6. The summed E-state index contributed by atoms with van der Waals surface area (Å²) in [6.45, 7) is 8.86. The Morgan fingerprint density at radius 3 is 2.37 bits per heavy atom. The summed E-state index contributed by atoms with van der Waals surface area (Å²) in [7, 11) is 0. The van der Waals surface area contributed by atoms with Crippen molar-refractivity contribution in [2.75, 3.05) is 0 Å². The summed E-state index contributed by atoms with van der Waals surface area (Å²) in [5.41, 5.74) is 7.37. The molecule has 6 heteroatoms. The molecular weight excluding hydrogens is 533 g/mol. The van der Waals surface area contributed by atoms with E-state index in [2.05, 4.69) is 67.0 Å². The van der Waals surface area contributed by atoms with Crippen molar-refractivity contribution in [1.29, 1.82) is 0 Å². The van der Waals surface area contributed by atoms with Crippen LogP contribution < -0.4 is 0 Å². The van der Waals surface area contributed by atoms with Gasteiger partial charge >= 0.3 is 0 Å². The Morgan fingerprint density at radius 1 is 1.00 bits per heavy atom. The minimum absolute atomic E-state index is 0.